The van der Waals surface area contributed by atoms with Crippen LogP contribution in [0.1, 0.15) is 34.5 Å². The van der Waals surface area contributed by atoms with Crippen LogP contribution in [0.4, 0.5) is 0 Å². The van der Waals surface area contributed by atoms with Crippen LogP contribution in [0.15, 0.2) is 60.9 Å². The highest BCUT2D eigenvalue weighted by Gasteiger charge is 2.13. The average Bonchev–Trinajstić information content (AvgIpc) is 3.04. The highest BCUT2D eigenvalue weighted by atomic mass is 16.2. The van der Waals surface area contributed by atoms with Crippen molar-refractivity contribution in [1.29, 1.82) is 5.26 Å². The molecule has 0 bridgehead atoms. The van der Waals surface area contributed by atoms with Gasteiger partial charge in [0.15, 0.2) is 0 Å². The van der Waals surface area contributed by atoms with E-state index in [9.17, 15) is 4.79 Å². The van der Waals surface area contributed by atoms with Gasteiger partial charge in [0.25, 0.3) is 0 Å². The quantitative estimate of drug-likeness (QED) is 0.540. The monoisotopic (exact) mass is 398 g/mol. The maximum atomic E-state index is 12.8. The molecule has 0 aliphatic heterocycles. The van der Waals surface area contributed by atoms with E-state index in [-0.39, 0.29) is 5.91 Å². The van der Waals surface area contributed by atoms with Crippen LogP contribution in [-0.4, -0.2) is 26.9 Å². The lowest BCUT2D eigenvalue weighted by atomic mass is 10.2. The Morgan fingerprint density at radius 2 is 1.97 bits per heavy atom. The summed E-state index contributed by atoms with van der Waals surface area (Å²) in [5.41, 5.74) is 6.46. The van der Waals surface area contributed by atoms with Gasteiger partial charge < -0.3 is 9.47 Å². The third-order valence-electron chi connectivity index (χ3n) is 5.07. The maximum absolute atomic E-state index is 12.8. The van der Waals surface area contributed by atoms with Crippen molar-refractivity contribution in [3.63, 3.8) is 0 Å². The van der Waals surface area contributed by atoms with E-state index < -0.39 is 0 Å². The Kier molecular flexibility index (Phi) is 6.82. The Labute approximate surface area is 177 Å². The van der Waals surface area contributed by atoms with E-state index in [2.05, 4.69) is 66.7 Å². The molecule has 0 unspecified atom stereocenters. The van der Waals surface area contributed by atoms with Crippen LogP contribution in [0.5, 0.6) is 0 Å². The summed E-state index contributed by atoms with van der Waals surface area (Å²) < 4.78 is 2.19. The molecule has 0 atom stereocenters. The number of aryl methyl sites for hydroxylation is 2. The Morgan fingerprint density at radius 3 is 2.63 bits per heavy atom. The van der Waals surface area contributed by atoms with Crippen molar-refractivity contribution in [2.45, 2.75) is 33.7 Å². The number of rotatable bonds is 7. The standard InChI is InChI=1S/C25H26N4O/c1-19-7-10-24(11-8-19)29-20(2)16-23(21(29)3)9-12-25(30)28(15-5-13-26)18-22-6-4-14-27-17-22/h4,6-12,14,16-17H,5,15,18H2,1-3H3/b12-9+. The molecular formula is C25H26N4O. The Balaban J connectivity index is 1.80. The van der Waals surface area contributed by atoms with Crippen LogP contribution in [0.25, 0.3) is 11.8 Å². The number of carbonyl (C=O) groups excluding carboxylic acids is 1. The fraction of sp³-hybridized carbons (Fsp3) is 0.240. The summed E-state index contributed by atoms with van der Waals surface area (Å²) in [4.78, 5) is 18.6. The number of carbonyl (C=O) groups is 1. The average molecular weight is 399 g/mol. The molecule has 2 heterocycles. The topological polar surface area (TPSA) is 61.9 Å². The first-order valence-electron chi connectivity index (χ1n) is 9.98. The van der Waals surface area contributed by atoms with Crippen LogP contribution >= 0.6 is 0 Å². The molecule has 0 spiro atoms. The first-order valence-corrected chi connectivity index (χ1v) is 9.98. The summed E-state index contributed by atoms with van der Waals surface area (Å²) in [7, 11) is 0. The summed E-state index contributed by atoms with van der Waals surface area (Å²) in [6, 6.07) is 16.4. The molecule has 152 valence electrons. The van der Waals surface area contributed by atoms with Gasteiger partial charge in [0.2, 0.25) is 5.91 Å². The fourth-order valence-electron chi connectivity index (χ4n) is 3.48. The molecule has 1 aromatic carbocycles. The van der Waals surface area contributed by atoms with E-state index in [1.54, 1.807) is 23.4 Å². The number of hydrogen-bond acceptors (Lipinski definition) is 3. The lowest BCUT2D eigenvalue weighted by molar-refractivity contribution is -0.126. The summed E-state index contributed by atoms with van der Waals surface area (Å²) in [5, 5.41) is 8.94. The smallest absolute Gasteiger partial charge is 0.246 e. The number of nitrogens with zero attached hydrogens (tertiary/aromatic N) is 4. The summed E-state index contributed by atoms with van der Waals surface area (Å²) in [6.07, 6.45) is 7.19. The van der Waals surface area contributed by atoms with Crippen molar-refractivity contribution in [3.8, 4) is 11.8 Å². The van der Waals surface area contributed by atoms with Gasteiger partial charge in [0.1, 0.15) is 0 Å². The number of benzene rings is 1. The number of nitriles is 1. The molecule has 0 radical (unpaired) electrons. The van der Waals surface area contributed by atoms with Crippen molar-refractivity contribution in [2.24, 2.45) is 0 Å². The highest BCUT2D eigenvalue weighted by molar-refractivity contribution is 5.92. The van der Waals surface area contributed by atoms with Gasteiger partial charge in [0.05, 0.1) is 12.5 Å². The number of amides is 1. The van der Waals surface area contributed by atoms with Gasteiger partial charge in [-0.1, -0.05) is 23.8 Å². The minimum atomic E-state index is -0.116. The molecule has 0 saturated carbocycles. The van der Waals surface area contributed by atoms with Crippen LogP contribution in [0.3, 0.4) is 0 Å². The second-order valence-corrected chi connectivity index (χ2v) is 7.36. The zero-order valence-electron chi connectivity index (χ0n) is 17.7. The van der Waals surface area contributed by atoms with Crippen molar-refractivity contribution in [2.75, 3.05) is 6.54 Å². The first kappa shape index (κ1) is 21.1. The summed E-state index contributed by atoms with van der Waals surface area (Å²) >= 11 is 0. The van der Waals surface area contributed by atoms with Crippen LogP contribution in [0, 0.1) is 32.1 Å². The second kappa shape index (κ2) is 9.71. The van der Waals surface area contributed by atoms with Crippen LogP contribution in [-0.2, 0) is 11.3 Å². The molecule has 3 rings (SSSR count). The normalized spacial score (nSPS) is 10.9. The number of aromatic nitrogens is 2. The van der Waals surface area contributed by atoms with Gasteiger partial charge >= 0.3 is 0 Å². The molecule has 1 amide bonds. The Bertz CT molecular complexity index is 1070. The van der Waals surface area contributed by atoms with Gasteiger partial charge in [-0.3, -0.25) is 9.78 Å². The SMILES string of the molecule is Cc1ccc(-n2c(C)cc(/C=C/C(=O)N(CCC#N)Cc3cccnc3)c2C)cc1. The van der Waals surface area contributed by atoms with Gasteiger partial charge in [-0.25, -0.2) is 0 Å². The third kappa shape index (κ3) is 5.03. The zero-order chi connectivity index (χ0) is 21.5. The fourth-order valence-corrected chi connectivity index (χ4v) is 3.48. The first-order chi connectivity index (χ1) is 14.5. The second-order valence-electron chi connectivity index (χ2n) is 7.36. The molecule has 0 N–H and O–H groups in total. The largest absolute Gasteiger partial charge is 0.334 e. The molecule has 0 aliphatic carbocycles. The van der Waals surface area contributed by atoms with E-state index in [1.807, 2.05) is 18.2 Å². The van der Waals surface area contributed by atoms with E-state index in [4.69, 9.17) is 5.26 Å². The van der Waals surface area contributed by atoms with Gasteiger partial charge in [0, 0.05) is 48.6 Å². The Hall–Kier alpha value is -3.65. The van der Waals surface area contributed by atoms with E-state index in [1.165, 1.54) is 5.56 Å². The molecule has 30 heavy (non-hydrogen) atoms. The maximum Gasteiger partial charge on any atom is 0.246 e. The predicted octanol–water partition coefficient (Wildman–Crippen LogP) is 4.75. The molecule has 2 aromatic heterocycles. The van der Waals surface area contributed by atoms with Crippen molar-refractivity contribution < 1.29 is 4.79 Å². The van der Waals surface area contributed by atoms with Crippen molar-refractivity contribution >= 4 is 12.0 Å². The predicted molar refractivity (Wildman–Crippen MR) is 119 cm³/mol. The van der Waals surface area contributed by atoms with Gasteiger partial charge in [-0.2, -0.15) is 5.26 Å². The van der Waals surface area contributed by atoms with Crippen LogP contribution in [0.2, 0.25) is 0 Å². The highest BCUT2D eigenvalue weighted by Crippen LogP contribution is 2.22. The van der Waals surface area contributed by atoms with Crippen LogP contribution < -0.4 is 0 Å². The summed E-state index contributed by atoms with van der Waals surface area (Å²) in [6.45, 7) is 7.01. The zero-order valence-corrected chi connectivity index (χ0v) is 17.7. The molecule has 3 aromatic rings. The van der Waals surface area contributed by atoms with Gasteiger partial charge in [-0.15, -0.1) is 0 Å². The number of pyridine rings is 1. The van der Waals surface area contributed by atoms with Crippen molar-refractivity contribution in [1.82, 2.24) is 14.5 Å². The van der Waals surface area contributed by atoms with E-state index in [0.717, 1.165) is 28.2 Å². The van der Waals surface area contributed by atoms with Crippen molar-refractivity contribution in [3.05, 3.63) is 89.0 Å². The molecular weight excluding hydrogens is 372 g/mol. The molecule has 0 saturated heterocycles. The van der Waals surface area contributed by atoms with E-state index >= 15 is 0 Å². The third-order valence-corrected chi connectivity index (χ3v) is 5.07. The number of hydrogen-bond donors (Lipinski definition) is 0. The lowest BCUT2D eigenvalue weighted by Gasteiger charge is -2.19. The molecule has 0 aliphatic rings. The molecule has 5 nitrogen and oxygen atoms in total. The minimum absolute atomic E-state index is 0.116. The lowest BCUT2D eigenvalue weighted by Crippen LogP contribution is -2.29. The molecule has 0 fully saturated rings. The minimum Gasteiger partial charge on any atom is -0.334 e. The Morgan fingerprint density at radius 1 is 1.20 bits per heavy atom. The molecule has 5 heteroatoms. The summed E-state index contributed by atoms with van der Waals surface area (Å²) in [5.74, 6) is -0.116. The van der Waals surface area contributed by atoms with E-state index in [0.29, 0.717) is 19.5 Å². The van der Waals surface area contributed by atoms with Gasteiger partial charge in [-0.05, 0) is 62.2 Å².